The van der Waals surface area contributed by atoms with Gasteiger partial charge in [0.05, 0.1) is 0 Å². The summed E-state index contributed by atoms with van der Waals surface area (Å²) in [6.07, 6.45) is 6.35. The van der Waals surface area contributed by atoms with E-state index in [1.54, 1.807) is 24.3 Å². The third kappa shape index (κ3) is 2.76. The predicted octanol–water partition coefficient (Wildman–Crippen LogP) is 2.10. The van der Waals surface area contributed by atoms with Crippen LogP contribution in [-0.2, 0) is 9.53 Å². The van der Waals surface area contributed by atoms with Crippen LogP contribution in [0.15, 0.2) is 65.8 Å². The summed E-state index contributed by atoms with van der Waals surface area (Å²) in [6.45, 7) is 3.40. The van der Waals surface area contributed by atoms with E-state index in [9.17, 15) is 9.18 Å². The van der Waals surface area contributed by atoms with E-state index in [4.69, 9.17) is 4.74 Å². The number of rotatable bonds is 3. The van der Waals surface area contributed by atoms with E-state index in [0.29, 0.717) is 17.2 Å². The summed E-state index contributed by atoms with van der Waals surface area (Å²) in [7, 11) is 0. The third-order valence-electron chi connectivity index (χ3n) is 3.19. The van der Waals surface area contributed by atoms with Crippen LogP contribution in [0.5, 0.6) is 0 Å². The molecule has 0 fully saturated rings. The number of nitrogens with zero attached hydrogens (tertiary/aromatic N) is 1. The molecule has 21 heavy (non-hydrogen) atoms. The largest absolute Gasteiger partial charge is 0.467 e. The van der Waals surface area contributed by atoms with Crippen molar-refractivity contribution in [1.82, 2.24) is 5.32 Å². The summed E-state index contributed by atoms with van der Waals surface area (Å²) in [4.78, 5) is 15.7. The first-order valence-electron chi connectivity index (χ1n) is 6.49. The van der Waals surface area contributed by atoms with Crippen LogP contribution in [0.1, 0.15) is 5.56 Å². The minimum atomic E-state index is -0.335. The molecule has 106 valence electrons. The van der Waals surface area contributed by atoms with Crippen LogP contribution in [0.3, 0.4) is 0 Å². The average molecular weight is 284 g/mol. The molecule has 0 bridgehead atoms. The van der Waals surface area contributed by atoms with Crippen molar-refractivity contribution in [3.63, 3.8) is 0 Å². The number of amides is 1. The number of carbonyl (C=O) groups excluding carboxylic acids is 1. The minimum Gasteiger partial charge on any atom is -0.467 e. The summed E-state index contributed by atoms with van der Waals surface area (Å²) in [5.74, 6) is -0.210. The van der Waals surface area contributed by atoms with Gasteiger partial charge in [-0.25, -0.2) is 9.38 Å². The van der Waals surface area contributed by atoms with Crippen molar-refractivity contribution in [2.24, 2.45) is 4.99 Å². The summed E-state index contributed by atoms with van der Waals surface area (Å²) in [5.41, 5.74) is 1.25. The number of benzene rings is 1. The molecular formula is C16H13FN2O2. The molecule has 1 amide bonds. The Labute approximate surface area is 121 Å². The van der Waals surface area contributed by atoms with Gasteiger partial charge in [0.2, 0.25) is 11.8 Å². The Morgan fingerprint density at radius 3 is 3.10 bits per heavy atom. The van der Waals surface area contributed by atoms with Gasteiger partial charge in [-0.1, -0.05) is 12.6 Å². The lowest BCUT2D eigenvalue weighted by atomic mass is 10.1. The fourth-order valence-electron chi connectivity index (χ4n) is 2.20. The van der Waals surface area contributed by atoms with Crippen LogP contribution >= 0.6 is 0 Å². The Hall–Kier alpha value is -2.69. The van der Waals surface area contributed by atoms with Crippen molar-refractivity contribution in [2.75, 3.05) is 0 Å². The molecule has 5 heteroatoms. The van der Waals surface area contributed by atoms with Crippen molar-refractivity contribution >= 4 is 11.8 Å². The molecular weight excluding hydrogens is 271 g/mol. The standard InChI is InChI=1S/C16H13FN2O2/c1-2-15(20)18-12-6-7-14-13(9-12)19-16(21-14)10-4-3-5-11(17)8-10/h2-9,13-14H,1H2,(H,18,20). The highest BCUT2D eigenvalue weighted by molar-refractivity contribution is 5.96. The lowest BCUT2D eigenvalue weighted by Crippen LogP contribution is -2.27. The number of aliphatic imine (C=N–C) groups is 1. The average Bonchev–Trinajstić information content (AvgIpc) is 2.90. The van der Waals surface area contributed by atoms with Crippen molar-refractivity contribution < 1.29 is 13.9 Å². The van der Waals surface area contributed by atoms with Gasteiger partial charge in [-0.3, -0.25) is 4.79 Å². The third-order valence-corrected chi connectivity index (χ3v) is 3.19. The van der Waals surface area contributed by atoms with Crippen LogP contribution < -0.4 is 5.32 Å². The molecule has 1 aliphatic carbocycles. The number of nitrogens with one attached hydrogen (secondary N) is 1. The number of hydrogen-bond donors (Lipinski definition) is 1. The SMILES string of the molecule is C=CC(=O)NC1=CC2N=C(c3cccc(F)c3)OC2C=C1. The van der Waals surface area contributed by atoms with E-state index in [0.717, 1.165) is 0 Å². The Morgan fingerprint density at radius 1 is 1.48 bits per heavy atom. The first kappa shape index (κ1) is 13.3. The zero-order valence-corrected chi connectivity index (χ0v) is 11.1. The van der Waals surface area contributed by atoms with Crippen LogP contribution in [-0.4, -0.2) is 24.0 Å². The second kappa shape index (κ2) is 5.36. The van der Waals surface area contributed by atoms with Gasteiger partial charge in [0, 0.05) is 11.3 Å². The predicted molar refractivity (Wildman–Crippen MR) is 77.2 cm³/mol. The highest BCUT2D eigenvalue weighted by Crippen LogP contribution is 2.24. The van der Waals surface area contributed by atoms with E-state index < -0.39 is 0 Å². The van der Waals surface area contributed by atoms with Gasteiger partial charge in [-0.15, -0.1) is 0 Å². The smallest absolute Gasteiger partial charge is 0.247 e. The van der Waals surface area contributed by atoms with Crippen molar-refractivity contribution in [3.05, 3.63) is 72.2 Å². The summed E-state index contributed by atoms with van der Waals surface area (Å²) in [5, 5.41) is 2.68. The van der Waals surface area contributed by atoms with Gasteiger partial charge in [-0.05, 0) is 42.5 Å². The highest BCUT2D eigenvalue weighted by Gasteiger charge is 2.30. The van der Waals surface area contributed by atoms with Gasteiger partial charge in [-0.2, -0.15) is 0 Å². The normalized spacial score (nSPS) is 22.7. The van der Waals surface area contributed by atoms with Gasteiger partial charge < -0.3 is 10.1 Å². The fourth-order valence-corrected chi connectivity index (χ4v) is 2.20. The molecule has 2 atom stereocenters. The van der Waals surface area contributed by atoms with E-state index in [2.05, 4.69) is 16.9 Å². The number of fused-ring (bicyclic) bond motifs is 1. The monoisotopic (exact) mass is 284 g/mol. The van der Waals surface area contributed by atoms with E-state index in [1.165, 1.54) is 18.2 Å². The first-order chi connectivity index (χ1) is 10.2. The molecule has 1 N–H and O–H groups in total. The van der Waals surface area contributed by atoms with E-state index in [1.807, 2.05) is 6.08 Å². The number of carbonyl (C=O) groups is 1. The molecule has 2 aliphatic rings. The zero-order valence-electron chi connectivity index (χ0n) is 11.1. The molecule has 0 spiro atoms. The van der Waals surface area contributed by atoms with Crippen LogP contribution in [0.25, 0.3) is 0 Å². The quantitative estimate of drug-likeness (QED) is 0.864. The molecule has 3 rings (SSSR count). The van der Waals surface area contributed by atoms with E-state index in [-0.39, 0.29) is 23.9 Å². The molecule has 0 saturated heterocycles. The maximum absolute atomic E-state index is 13.2. The van der Waals surface area contributed by atoms with Gasteiger partial charge in [0.25, 0.3) is 0 Å². The van der Waals surface area contributed by atoms with Crippen molar-refractivity contribution in [3.8, 4) is 0 Å². The van der Waals surface area contributed by atoms with Crippen LogP contribution in [0.2, 0.25) is 0 Å². The van der Waals surface area contributed by atoms with Crippen molar-refractivity contribution in [1.29, 1.82) is 0 Å². The Bertz CT molecular complexity index is 691. The topological polar surface area (TPSA) is 50.7 Å². The number of ether oxygens (including phenoxy) is 1. The summed E-state index contributed by atoms with van der Waals surface area (Å²) < 4.78 is 18.9. The molecule has 1 aliphatic heterocycles. The molecule has 1 heterocycles. The Balaban J connectivity index is 1.81. The molecule has 0 radical (unpaired) electrons. The fraction of sp³-hybridized carbons (Fsp3) is 0.125. The number of allylic oxidation sites excluding steroid dienone is 1. The van der Waals surface area contributed by atoms with Crippen LogP contribution in [0, 0.1) is 5.82 Å². The summed E-state index contributed by atoms with van der Waals surface area (Å²) in [6, 6.07) is 5.87. The highest BCUT2D eigenvalue weighted by atomic mass is 19.1. The van der Waals surface area contributed by atoms with Crippen LogP contribution in [0.4, 0.5) is 4.39 Å². The van der Waals surface area contributed by atoms with Gasteiger partial charge >= 0.3 is 0 Å². The van der Waals surface area contributed by atoms with Gasteiger partial charge in [0.15, 0.2) is 0 Å². The molecule has 4 nitrogen and oxygen atoms in total. The Kier molecular flexibility index (Phi) is 3.39. The molecule has 1 aromatic rings. The number of halogens is 1. The molecule has 2 unspecified atom stereocenters. The molecule has 0 saturated carbocycles. The zero-order chi connectivity index (χ0) is 14.8. The lowest BCUT2D eigenvalue weighted by Gasteiger charge is -2.16. The maximum Gasteiger partial charge on any atom is 0.247 e. The van der Waals surface area contributed by atoms with Gasteiger partial charge in [0.1, 0.15) is 18.0 Å². The number of hydrogen-bond acceptors (Lipinski definition) is 3. The maximum atomic E-state index is 13.2. The molecule has 1 aromatic carbocycles. The first-order valence-corrected chi connectivity index (χ1v) is 6.49. The second-order valence-electron chi connectivity index (χ2n) is 4.69. The summed E-state index contributed by atoms with van der Waals surface area (Å²) >= 11 is 0. The Morgan fingerprint density at radius 2 is 2.33 bits per heavy atom. The molecule has 0 aromatic heterocycles. The van der Waals surface area contributed by atoms with E-state index >= 15 is 0 Å². The minimum absolute atomic E-state index is 0.228. The second-order valence-corrected chi connectivity index (χ2v) is 4.69. The lowest BCUT2D eigenvalue weighted by molar-refractivity contribution is -0.115. The van der Waals surface area contributed by atoms with Crippen molar-refractivity contribution in [2.45, 2.75) is 12.1 Å².